The van der Waals surface area contributed by atoms with Crippen LogP contribution in [0, 0.1) is 15.9 Å². The lowest BCUT2D eigenvalue weighted by molar-refractivity contribution is -0.387. The van der Waals surface area contributed by atoms with E-state index in [-0.39, 0.29) is 11.8 Å². The Kier molecular flexibility index (Phi) is 3.23. The van der Waals surface area contributed by atoms with Gasteiger partial charge in [0.15, 0.2) is 0 Å². The molecule has 0 saturated carbocycles. The van der Waals surface area contributed by atoms with Gasteiger partial charge in [0.05, 0.1) is 4.92 Å². The van der Waals surface area contributed by atoms with Crippen LogP contribution >= 0.6 is 0 Å². The van der Waals surface area contributed by atoms with Gasteiger partial charge in [0.1, 0.15) is 5.75 Å². The van der Waals surface area contributed by atoms with Gasteiger partial charge < -0.3 is 10.4 Å². The quantitative estimate of drug-likeness (QED) is 0.623. The van der Waals surface area contributed by atoms with E-state index >= 15 is 0 Å². The smallest absolute Gasteiger partial charge is 0.305 e. The number of phenolic OH excluding ortho intramolecular Hbond substituents is 1. The van der Waals surface area contributed by atoms with Crippen LogP contribution in [-0.4, -0.2) is 22.6 Å². The van der Waals surface area contributed by atoms with E-state index < -0.39 is 16.4 Å². The first-order valence-corrected chi connectivity index (χ1v) is 5.47. The Hall–Kier alpha value is -1.69. The molecule has 6 heteroatoms. The van der Waals surface area contributed by atoms with Crippen molar-refractivity contribution in [3.63, 3.8) is 0 Å². The molecule has 17 heavy (non-hydrogen) atoms. The minimum atomic E-state index is -1.00. The topological polar surface area (TPSA) is 75.4 Å². The van der Waals surface area contributed by atoms with Crippen molar-refractivity contribution in [2.24, 2.45) is 0 Å². The number of nitrogens with one attached hydrogen (secondary N) is 1. The van der Waals surface area contributed by atoms with E-state index in [4.69, 9.17) is 0 Å². The molecule has 1 aliphatic rings. The Morgan fingerprint density at radius 1 is 1.59 bits per heavy atom. The molecule has 5 nitrogen and oxygen atoms in total. The van der Waals surface area contributed by atoms with Crippen molar-refractivity contribution >= 4 is 5.69 Å². The average molecular weight is 240 g/mol. The summed E-state index contributed by atoms with van der Waals surface area (Å²) in [7, 11) is 0. The van der Waals surface area contributed by atoms with Crippen molar-refractivity contribution in [2.75, 3.05) is 6.54 Å². The number of rotatable bonds is 3. The number of nitro groups is 1. The second kappa shape index (κ2) is 4.67. The van der Waals surface area contributed by atoms with Crippen molar-refractivity contribution in [3.05, 3.63) is 33.6 Å². The van der Waals surface area contributed by atoms with E-state index in [1.807, 2.05) is 0 Å². The van der Waals surface area contributed by atoms with Crippen LogP contribution in [0.4, 0.5) is 10.1 Å². The number of aromatic hydroxyl groups is 1. The molecule has 1 saturated heterocycles. The molecule has 0 amide bonds. The second-order valence-corrected chi connectivity index (χ2v) is 4.19. The van der Waals surface area contributed by atoms with E-state index in [0.717, 1.165) is 31.5 Å². The van der Waals surface area contributed by atoms with Crippen molar-refractivity contribution in [3.8, 4) is 5.75 Å². The summed E-state index contributed by atoms with van der Waals surface area (Å²) in [5.41, 5.74) is -0.173. The number of benzene rings is 1. The largest absolute Gasteiger partial charge is 0.508 e. The maximum atomic E-state index is 13.2. The molecule has 1 atom stereocenters. The molecule has 1 unspecified atom stereocenters. The fourth-order valence-electron chi connectivity index (χ4n) is 2.09. The summed E-state index contributed by atoms with van der Waals surface area (Å²) in [5, 5.41) is 23.4. The van der Waals surface area contributed by atoms with E-state index in [2.05, 4.69) is 5.32 Å². The van der Waals surface area contributed by atoms with Gasteiger partial charge in [-0.25, -0.2) is 0 Å². The van der Waals surface area contributed by atoms with Gasteiger partial charge in [-0.3, -0.25) is 10.1 Å². The van der Waals surface area contributed by atoms with Crippen molar-refractivity contribution in [2.45, 2.75) is 25.3 Å². The van der Waals surface area contributed by atoms with Gasteiger partial charge in [-0.05, 0) is 25.8 Å². The third kappa shape index (κ3) is 2.52. The van der Waals surface area contributed by atoms with Gasteiger partial charge >= 0.3 is 5.69 Å². The third-order valence-electron chi connectivity index (χ3n) is 2.97. The average Bonchev–Trinajstić information content (AvgIpc) is 2.74. The number of phenols is 1. The minimum Gasteiger partial charge on any atom is -0.508 e. The van der Waals surface area contributed by atoms with Crippen LogP contribution in [0.2, 0.25) is 0 Å². The molecule has 92 valence electrons. The molecule has 1 aliphatic heterocycles. The molecule has 0 bridgehead atoms. The fourth-order valence-corrected chi connectivity index (χ4v) is 2.09. The molecule has 1 aromatic carbocycles. The molecular weight excluding hydrogens is 227 g/mol. The Labute approximate surface area is 97.4 Å². The summed E-state index contributed by atoms with van der Waals surface area (Å²) in [6.45, 7) is 0.911. The van der Waals surface area contributed by atoms with E-state index in [1.165, 1.54) is 0 Å². The van der Waals surface area contributed by atoms with E-state index in [9.17, 15) is 19.6 Å². The molecule has 0 spiro atoms. The van der Waals surface area contributed by atoms with Crippen LogP contribution in [0.3, 0.4) is 0 Å². The Morgan fingerprint density at radius 3 is 2.94 bits per heavy atom. The maximum absolute atomic E-state index is 13.2. The normalized spacial score (nSPS) is 19.5. The zero-order valence-corrected chi connectivity index (χ0v) is 9.15. The summed E-state index contributed by atoms with van der Waals surface area (Å²) in [4.78, 5) is 9.81. The minimum absolute atomic E-state index is 0.200. The maximum Gasteiger partial charge on any atom is 0.305 e. The molecule has 0 aliphatic carbocycles. The SMILES string of the molecule is O=[N+]([O-])c1cc(CC2CCCN2)c(O)cc1F. The summed E-state index contributed by atoms with van der Waals surface area (Å²) >= 11 is 0. The molecule has 1 heterocycles. The highest BCUT2D eigenvalue weighted by molar-refractivity contribution is 5.44. The van der Waals surface area contributed by atoms with Crippen LogP contribution in [0.25, 0.3) is 0 Å². The zero-order chi connectivity index (χ0) is 12.4. The summed E-state index contributed by atoms with van der Waals surface area (Å²) < 4.78 is 13.2. The van der Waals surface area contributed by atoms with Gasteiger partial charge in [0.2, 0.25) is 5.82 Å². The molecule has 1 aromatic rings. The van der Waals surface area contributed by atoms with Crippen molar-refractivity contribution in [1.82, 2.24) is 5.32 Å². The Morgan fingerprint density at radius 2 is 2.35 bits per heavy atom. The lowest BCUT2D eigenvalue weighted by Gasteiger charge is -2.11. The Balaban J connectivity index is 2.26. The Bertz CT molecular complexity index is 445. The van der Waals surface area contributed by atoms with Crippen LogP contribution < -0.4 is 5.32 Å². The second-order valence-electron chi connectivity index (χ2n) is 4.19. The molecule has 2 N–H and O–H groups in total. The summed E-state index contributed by atoms with van der Waals surface area (Å²) in [5.74, 6) is -1.22. The van der Waals surface area contributed by atoms with Gasteiger partial charge in [-0.1, -0.05) is 0 Å². The lowest BCUT2D eigenvalue weighted by Crippen LogP contribution is -2.23. The predicted octanol–water partition coefficient (Wildman–Crippen LogP) is 1.73. The predicted molar refractivity (Wildman–Crippen MR) is 59.4 cm³/mol. The molecule has 2 rings (SSSR count). The highest BCUT2D eigenvalue weighted by Crippen LogP contribution is 2.28. The molecular formula is C11H13FN2O3. The van der Waals surface area contributed by atoms with Gasteiger partial charge in [0.25, 0.3) is 0 Å². The number of hydrogen-bond donors (Lipinski definition) is 2. The first-order valence-electron chi connectivity index (χ1n) is 5.47. The van der Waals surface area contributed by atoms with E-state index in [0.29, 0.717) is 12.0 Å². The van der Waals surface area contributed by atoms with Gasteiger partial charge in [-0.15, -0.1) is 0 Å². The van der Waals surface area contributed by atoms with Crippen LogP contribution in [0.15, 0.2) is 12.1 Å². The van der Waals surface area contributed by atoms with Crippen LogP contribution in [0.1, 0.15) is 18.4 Å². The standard InChI is InChI=1S/C11H13FN2O3/c12-9-6-11(15)7(5-10(9)14(16)17)4-8-2-1-3-13-8/h5-6,8,13,15H,1-4H2. The highest BCUT2D eigenvalue weighted by Gasteiger charge is 2.21. The fraction of sp³-hybridized carbons (Fsp3) is 0.455. The zero-order valence-electron chi connectivity index (χ0n) is 9.15. The van der Waals surface area contributed by atoms with Crippen LogP contribution in [0.5, 0.6) is 5.75 Å². The lowest BCUT2D eigenvalue weighted by atomic mass is 10.0. The molecule has 0 radical (unpaired) electrons. The van der Waals surface area contributed by atoms with Crippen molar-refractivity contribution < 1.29 is 14.4 Å². The number of hydrogen-bond acceptors (Lipinski definition) is 4. The summed E-state index contributed by atoms with van der Waals surface area (Å²) in [6.07, 6.45) is 2.49. The van der Waals surface area contributed by atoms with Gasteiger partial charge in [0, 0.05) is 23.7 Å². The monoisotopic (exact) mass is 240 g/mol. The third-order valence-corrected chi connectivity index (χ3v) is 2.97. The molecule has 1 fully saturated rings. The van der Waals surface area contributed by atoms with Crippen molar-refractivity contribution in [1.29, 1.82) is 0 Å². The van der Waals surface area contributed by atoms with E-state index in [1.54, 1.807) is 0 Å². The highest BCUT2D eigenvalue weighted by atomic mass is 19.1. The first-order chi connectivity index (χ1) is 8.08. The van der Waals surface area contributed by atoms with Gasteiger partial charge in [-0.2, -0.15) is 4.39 Å². The summed E-state index contributed by atoms with van der Waals surface area (Å²) in [6, 6.07) is 2.12. The molecule has 0 aromatic heterocycles. The first kappa shape index (κ1) is 11.8. The number of halogens is 1. The van der Waals surface area contributed by atoms with Crippen LogP contribution in [-0.2, 0) is 6.42 Å². The number of nitro benzene ring substituents is 1. The number of nitrogens with zero attached hydrogens (tertiary/aromatic N) is 1.